The van der Waals surface area contributed by atoms with Crippen molar-refractivity contribution in [3.63, 3.8) is 0 Å². The molecule has 2 aromatic carbocycles. The Morgan fingerprint density at radius 1 is 1.17 bits per heavy atom. The third kappa shape index (κ3) is 4.26. The largest absolute Gasteiger partial charge is 0.486 e. The first-order valence-corrected chi connectivity index (χ1v) is 13.3. The molecule has 158 valence electrons. The van der Waals surface area contributed by atoms with Gasteiger partial charge in [0.25, 0.3) is 5.91 Å². The summed E-state index contributed by atoms with van der Waals surface area (Å²) < 4.78 is 37.6. The number of aromatic nitrogens is 1. The van der Waals surface area contributed by atoms with Gasteiger partial charge in [-0.1, -0.05) is 11.3 Å². The van der Waals surface area contributed by atoms with Crippen LogP contribution in [0.15, 0.2) is 46.3 Å². The maximum atomic E-state index is 12.9. The molecule has 0 fully saturated rings. The highest BCUT2D eigenvalue weighted by Crippen LogP contribution is 2.31. The van der Waals surface area contributed by atoms with Crippen molar-refractivity contribution in [2.45, 2.75) is 11.4 Å². The fourth-order valence-corrected chi connectivity index (χ4v) is 5.28. The summed E-state index contributed by atoms with van der Waals surface area (Å²) in [6, 6.07) is 10.0. The van der Waals surface area contributed by atoms with Crippen LogP contribution in [0.2, 0.25) is 0 Å². The number of aryl methyl sites for hydroxylation is 1. The summed E-state index contributed by atoms with van der Waals surface area (Å²) >= 11 is 2.99. The molecule has 0 radical (unpaired) electrons. The number of ether oxygens (including phenoxy) is 2. The van der Waals surface area contributed by atoms with E-state index >= 15 is 0 Å². The number of carbonyl (C=O) groups is 1. The molecule has 0 atom stereocenters. The molecule has 4 rings (SSSR count). The van der Waals surface area contributed by atoms with Crippen molar-refractivity contribution >= 4 is 49.1 Å². The molecule has 0 spiro atoms. The lowest BCUT2D eigenvalue weighted by Gasteiger charge is -2.18. The van der Waals surface area contributed by atoms with Crippen molar-refractivity contribution in [2.75, 3.05) is 31.5 Å². The summed E-state index contributed by atoms with van der Waals surface area (Å²) in [4.78, 5) is 18.0. The smallest absolute Gasteiger partial charge is 0.279 e. The molecule has 3 aromatic rings. The second-order valence-corrected chi connectivity index (χ2v) is 10.7. The first kappa shape index (κ1) is 21.0. The molecule has 10 heteroatoms. The number of hydrogen-bond donors (Lipinski definition) is 0. The van der Waals surface area contributed by atoms with Crippen molar-refractivity contribution in [2.24, 2.45) is 4.99 Å². The molecule has 0 unspecified atom stereocenters. The van der Waals surface area contributed by atoms with Crippen molar-refractivity contribution < 1.29 is 22.7 Å². The number of benzene rings is 2. The molecule has 0 saturated heterocycles. The highest BCUT2D eigenvalue weighted by atomic mass is 32.2. The van der Waals surface area contributed by atoms with Gasteiger partial charge in [-0.25, -0.2) is 8.42 Å². The minimum Gasteiger partial charge on any atom is -0.486 e. The fraction of sp³-hybridized carbons (Fsp3) is 0.300. The van der Waals surface area contributed by atoms with Gasteiger partial charge in [-0.15, -0.1) is 0 Å². The van der Waals surface area contributed by atoms with Crippen LogP contribution in [0.25, 0.3) is 10.2 Å². The summed E-state index contributed by atoms with van der Waals surface area (Å²) in [5.74, 6) is 1.60. The number of thiazole rings is 1. The second kappa shape index (κ2) is 8.44. The van der Waals surface area contributed by atoms with Gasteiger partial charge in [0.05, 0.1) is 15.1 Å². The summed E-state index contributed by atoms with van der Waals surface area (Å²) in [5, 5.41) is 0. The van der Waals surface area contributed by atoms with Crippen LogP contribution < -0.4 is 14.3 Å². The van der Waals surface area contributed by atoms with Crippen LogP contribution in [0, 0.1) is 0 Å². The SMILES string of the molecule is CSCCn1c(=NC(=O)c2ccc3c(c2)OCCO3)sc2cc(S(C)(=O)=O)ccc21. The minimum atomic E-state index is -3.32. The van der Waals surface area contributed by atoms with Crippen LogP contribution in [0.1, 0.15) is 10.4 Å². The van der Waals surface area contributed by atoms with Crippen LogP contribution in [-0.2, 0) is 16.4 Å². The molecule has 30 heavy (non-hydrogen) atoms. The number of nitrogens with zero attached hydrogens (tertiary/aromatic N) is 2. The molecule has 2 heterocycles. The topological polar surface area (TPSA) is 87.0 Å². The number of amides is 1. The maximum Gasteiger partial charge on any atom is 0.279 e. The van der Waals surface area contributed by atoms with Crippen LogP contribution in [-0.4, -0.2) is 50.4 Å². The normalized spacial score (nSPS) is 14.3. The number of fused-ring (bicyclic) bond motifs is 2. The minimum absolute atomic E-state index is 0.248. The first-order valence-electron chi connectivity index (χ1n) is 9.18. The molecule has 7 nitrogen and oxygen atoms in total. The third-order valence-corrected chi connectivity index (χ3v) is 7.33. The molecule has 1 aromatic heterocycles. The number of hydrogen-bond acceptors (Lipinski definition) is 7. The third-order valence-electron chi connectivity index (χ3n) is 4.59. The highest BCUT2D eigenvalue weighted by molar-refractivity contribution is 7.98. The molecule has 0 N–H and O–H groups in total. The summed E-state index contributed by atoms with van der Waals surface area (Å²) in [5.41, 5.74) is 1.26. The second-order valence-electron chi connectivity index (χ2n) is 6.71. The van der Waals surface area contributed by atoms with E-state index in [2.05, 4.69) is 4.99 Å². The van der Waals surface area contributed by atoms with E-state index in [-0.39, 0.29) is 10.8 Å². The molecular weight excluding hydrogens is 444 g/mol. The Labute approximate surface area is 182 Å². The summed E-state index contributed by atoms with van der Waals surface area (Å²) in [6.07, 6.45) is 3.19. The Hall–Kier alpha value is -2.30. The van der Waals surface area contributed by atoms with E-state index in [1.165, 1.54) is 17.6 Å². The van der Waals surface area contributed by atoms with E-state index in [9.17, 15) is 13.2 Å². The predicted molar refractivity (Wildman–Crippen MR) is 119 cm³/mol. The molecule has 1 aliphatic heterocycles. The lowest BCUT2D eigenvalue weighted by atomic mass is 10.2. The van der Waals surface area contributed by atoms with Gasteiger partial charge < -0.3 is 14.0 Å². The zero-order chi connectivity index (χ0) is 21.3. The summed E-state index contributed by atoms with van der Waals surface area (Å²) in [6.45, 7) is 1.58. The van der Waals surface area contributed by atoms with Gasteiger partial charge in [-0.05, 0) is 42.7 Å². The van der Waals surface area contributed by atoms with Gasteiger partial charge in [0.15, 0.2) is 26.1 Å². The van der Waals surface area contributed by atoms with E-state index in [0.29, 0.717) is 41.6 Å². The number of rotatable bonds is 5. The van der Waals surface area contributed by atoms with E-state index in [1.54, 1.807) is 48.2 Å². The number of sulfone groups is 1. The average molecular weight is 465 g/mol. The van der Waals surface area contributed by atoms with Gasteiger partial charge in [-0.2, -0.15) is 16.8 Å². The van der Waals surface area contributed by atoms with Crippen LogP contribution in [0.5, 0.6) is 11.5 Å². The summed E-state index contributed by atoms with van der Waals surface area (Å²) in [7, 11) is -3.32. The number of thioether (sulfide) groups is 1. The maximum absolute atomic E-state index is 12.9. The van der Waals surface area contributed by atoms with Crippen molar-refractivity contribution in [1.29, 1.82) is 0 Å². The predicted octanol–water partition coefficient (Wildman–Crippen LogP) is 2.98. The Bertz CT molecular complexity index is 1290. The highest BCUT2D eigenvalue weighted by Gasteiger charge is 2.16. The lowest BCUT2D eigenvalue weighted by molar-refractivity contribution is 0.0996. The molecule has 1 aliphatic rings. The van der Waals surface area contributed by atoms with Crippen LogP contribution in [0.3, 0.4) is 0 Å². The van der Waals surface area contributed by atoms with E-state index in [0.717, 1.165) is 16.0 Å². The monoisotopic (exact) mass is 464 g/mol. The number of carbonyl (C=O) groups excluding carboxylic acids is 1. The van der Waals surface area contributed by atoms with Crippen molar-refractivity contribution in [1.82, 2.24) is 4.57 Å². The fourth-order valence-electron chi connectivity index (χ4n) is 3.10. The zero-order valence-electron chi connectivity index (χ0n) is 16.5. The Morgan fingerprint density at radius 3 is 2.67 bits per heavy atom. The van der Waals surface area contributed by atoms with E-state index in [1.807, 2.05) is 10.8 Å². The van der Waals surface area contributed by atoms with Crippen LogP contribution >= 0.6 is 23.1 Å². The molecule has 0 bridgehead atoms. The Kier molecular flexibility index (Phi) is 5.90. The van der Waals surface area contributed by atoms with Gasteiger partial charge in [0, 0.05) is 24.1 Å². The van der Waals surface area contributed by atoms with E-state index < -0.39 is 9.84 Å². The molecular formula is C20H20N2O5S3. The molecule has 0 saturated carbocycles. The average Bonchev–Trinajstić information content (AvgIpc) is 3.07. The van der Waals surface area contributed by atoms with Gasteiger partial charge in [-0.3, -0.25) is 4.79 Å². The zero-order valence-corrected chi connectivity index (χ0v) is 18.9. The Morgan fingerprint density at radius 2 is 1.93 bits per heavy atom. The Balaban J connectivity index is 1.79. The van der Waals surface area contributed by atoms with Crippen molar-refractivity contribution in [3.05, 3.63) is 46.8 Å². The van der Waals surface area contributed by atoms with E-state index in [4.69, 9.17) is 9.47 Å². The first-order chi connectivity index (χ1) is 14.4. The standard InChI is InChI=1S/C20H20N2O5S3/c1-28-10-7-22-15-5-4-14(30(2,24)25)12-18(15)29-20(22)21-19(23)13-3-6-16-17(11-13)27-9-8-26-16/h3-6,11-12H,7-10H2,1-2H3. The van der Waals surface area contributed by atoms with Gasteiger partial charge in [0.1, 0.15) is 13.2 Å². The van der Waals surface area contributed by atoms with Crippen LogP contribution in [0.4, 0.5) is 0 Å². The molecule has 0 aliphatic carbocycles. The lowest BCUT2D eigenvalue weighted by Crippen LogP contribution is -2.18. The van der Waals surface area contributed by atoms with Crippen molar-refractivity contribution in [3.8, 4) is 11.5 Å². The molecule has 1 amide bonds. The van der Waals surface area contributed by atoms with Gasteiger partial charge in [0.2, 0.25) is 0 Å². The quantitative estimate of drug-likeness (QED) is 0.577. The van der Waals surface area contributed by atoms with Gasteiger partial charge >= 0.3 is 0 Å².